The average Bonchev–Trinajstić information content (AvgIpc) is 3.33. The predicted octanol–water partition coefficient (Wildman–Crippen LogP) is 4.30. The molecule has 3 rings (SSSR count). The molecular formula is C21H25BrN2O4. The summed E-state index contributed by atoms with van der Waals surface area (Å²) < 4.78 is 11.4. The van der Waals surface area contributed by atoms with Crippen molar-refractivity contribution in [2.45, 2.75) is 51.2 Å². The molecule has 1 fully saturated rings. The van der Waals surface area contributed by atoms with Crippen LogP contribution in [0.15, 0.2) is 45.5 Å². The summed E-state index contributed by atoms with van der Waals surface area (Å²) in [5.74, 6) is -0.0966. The molecule has 1 aliphatic rings. The van der Waals surface area contributed by atoms with E-state index in [4.69, 9.17) is 9.15 Å². The number of rotatable bonds is 8. The van der Waals surface area contributed by atoms with E-state index < -0.39 is 0 Å². The molecule has 28 heavy (non-hydrogen) atoms. The van der Waals surface area contributed by atoms with E-state index in [1.807, 2.05) is 19.1 Å². The molecule has 0 aliphatic carbocycles. The first kappa shape index (κ1) is 20.6. The molecule has 2 heterocycles. The maximum absolute atomic E-state index is 12.2. The molecule has 0 bridgehead atoms. The number of ether oxygens (including phenoxy) is 1. The van der Waals surface area contributed by atoms with Gasteiger partial charge in [-0.25, -0.2) is 0 Å². The molecule has 1 aromatic carbocycles. The van der Waals surface area contributed by atoms with Gasteiger partial charge in [0, 0.05) is 18.3 Å². The molecule has 1 saturated heterocycles. The Morgan fingerprint density at radius 3 is 2.64 bits per heavy atom. The number of hydrogen-bond donors (Lipinski definition) is 2. The molecule has 0 saturated carbocycles. The lowest BCUT2D eigenvalue weighted by atomic mass is 10.1. The predicted molar refractivity (Wildman–Crippen MR) is 110 cm³/mol. The topological polar surface area (TPSA) is 80.6 Å². The summed E-state index contributed by atoms with van der Waals surface area (Å²) in [6, 6.07) is 10.6. The van der Waals surface area contributed by atoms with Crippen LogP contribution >= 0.6 is 15.9 Å². The van der Waals surface area contributed by atoms with Gasteiger partial charge < -0.3 is 19.8 Å². The van der Waals surface area contributed by atoms with Gasteiger partial charge in [0.2, 0.25) is 5.91 Å². The van der Waals surface area contributed by atoms with Crippen molar-refractivity contribution >= 4 is 33.4 Å². The van der Waals surface area contributed by atoms with E-state index in [0.29, 0.717) is 22.9 Å². The lowest BCUT2D eigenvalue weighted by Gasteiger charge is -2.16. The van der Waals surface area contributed by atoms with Crippen LogP contribution in [0, 0.1) is 0 Å². The number of nitrogens with one attached hydrogen (secondary N) is 2. The van der Waals surface area contributed by atoms with E-state index in [9.17, 15) is 9.59 Å². The zero-order valence-corrected chi connectivity index (χ0v) is 17.5. The Morgan fingerprint density at radius 2 is 2.00 bits per heavy atom. The van der Waals surface area contributed by atoms with Crippen LogP contribution in [0.2, 0.25) is 0 Å². The Balaban J connectivity index is 1.42. The third-order valence-corrected chi connectivity index (χ3v) is 5.15. The number of furan rings is 1. The molecule has 2 aromatic rings. The lowest BCUT2D eigenvalue weighted by Crippen LogP contribution is -2.34. The van der Waals surface area contributed by atoms with Crippen LogP contribution in [0.5, 0.6) is 0 Å². The van der Waals surface area contributed by atoms with Gasteiger partial charge in [-0.1, -0.05) is 12.1 Å². The van der Waals surface area contributed by atoms with Crippen molar-refractivity contribution in [3.05, 3.63) is 52.4 Å². The summed E-state index contributed by atoms with van der Waals surface area (Å²) >= 11 is 3.17. The highest BCUT2D eigenvalue weighted by molar-refractivity contribution is 9.10. The Hall–Kier alpha value is -2.12. The maximum Gasteiger partial charge on any atom is 0.291 e. The first-order valence-electron chi connectivity index (χ1n) is 9.56. The first-order chi connectivity index (χ1) is 13.5. The highest BCUT2D eigenvalue weighted by Gasteiger charge is 2.17. The van der Waals surface area contributed by atoms with Crippen molar-refractivity contribution in [1.29, 1.82) is 0 Å². The number of carbonyl (C=O) groups is 2. The van der Waals surface area contributed by atoms with E-state index in [2.05, 4.69) is 26.6 Å². The van der Waals surface area contributed by atoms with E-state index in [0.717, 1.165) is 37.9 Å². The summed E-state index contributed by atoms with van der Waals surface area (Å²) in [4.78, 5) is 24.3. The maximum atomic E-state index is 12.2. The SMILES string of the molecule is CC(CCC1CCCO1)NC(=O)Cc1ccc(NC(=O)c2ccc(Br)o2)cc1. The zero-order valence-electron chi connectivity index (χ0n) is 15.9. The molecule has 1 aliphatic heterocycles. The van der Waals surface area contributed by atoms with Crippen LogP contribution in [0.4, 0.5) is 5.69 Å². The molecule has 2 N–H and O–H groups in total. The van der Waals surface area contributed by atoms with Gasteiger partial charge in [-0.05, 0) is 78.4 Å². The minimum absolute atomic E-state index is 0.00272. The Kier molecular flexibility index (Phi) is 7.28. The van der Waals surface area contributed by atoms with Crippen LogP contribution < -0.4 is 10.6 Å². The number of hydrogen-bond acceptors (Lipinski definition) is 4. The third-order valence-electron chi connectivity index (χ3n) is 4.73. The van der Waals surface area contributed by atoms with Crippen LogP contribution in [-0.4, -0.2) is 30.6 Å². The van der Waals surface area contributed by atoms with Gasteiger partial charge in [0.1, 0.15) is 0 Å². The summed E-state index contributed by atoms with van der Waals surface area (Å²) in [5.41, 5.74) is 1.54. The summed E-state index contributed by atoms with van der Waals surface area (Å²) in [6.45, 7) is 2.89. The Labute approximate surface area is 173 Å². The second-order valence-corrected chi connectivity index (χ2v) is 7.89. The minimum atomic E-state index is -0.323. The number of halogens is 1. The van der Waals surface area contributed by atoms with Gasteiger partial charge in [0.15, 0.2) is 10.4 Å². The van der Waals surface area contributed by atoms with Crippen molar-refractivity contribution in [2.24, 2.45) is 0 Å². The van der Waals surface area contributed by atoms with E-state index in [-0.39, 0.29) is 23.6 Å². The van der Waals surface area contributed by atoms with Crippen LogP contribution in [0.1, 0.15) is 48.7 Å². The van der Waals surface area contributed by atoms with Crippen LogP contribution in [0.25, 0.3) is 0 Å². The van der Waals surface area contributed by atoms with Crippen molar-refractivity contribution in [1.82, 2.24) is 5.32 Å². The Morgan fingerprint density at radius 1 is 1.21 bits per heavy atom. The van der Waals surface area contributed by atoms with Crippen molar-refractivity contribution in [2.75, 3.05) is 11.9 Å². The number of carbonyl (C=O) groups excluding carboxylic acids is 2. The molecule has 150 valence electrons. The highest BCUT2D eigenvalue weighted by Crippen LogP contribution is 2.18. The van der Waals surface area contributed by atoms with Crippen molar-refractivity contribution < 1.29 is 18.7 Å². The van der Waals surface area contributed by atoms with Gasteiger partial charge in [0.05, 0.1) is 12.5 Å². The number of amides is 2. The fourth-order valence-corrected chi connectivity index (χ4v) is 3.53. The minimum Gasteiger partial charge on any atom is -0.444 e. The summed E-state index contributed by atoms with van der Waals surface area (Å²) in [5, 5.41) is 5.80. The van der Waals surface area contributed by atoms with Gasteiger partial charge in [-0.3, -0.25) is 9.59 Å². The molecule has 6 nitrogen and oxygen atoms in total. The molecule has 2 atom stereocenters. The normalized spacial score (nSPS) is 17.3. The second-order valence-electron chi connectivity index (χ2n) is 7.11. The molecule has 1 aromatic heterocycles. The summed E-state index contributed by atoms with van der Waals surface area (Å²) in [7, 11) is 0. The fourth-order valence-electron chi connectivity index (χ4n) is 3.23. The van der Waals surface area contributed by atoms with Crippen LogP contribution in [0.3, 0.4) is 0 Å². The average molecular weight is 449 g/mol. The zero-order chi connectivity index (χ0) is 19.9. The monoisotopic (exact) mass is 448 g/mol. The van der Waals surface area contributed by atoms with Gasteiger partial charge in [-0.2, -0.15) is 0 Å². The van der Waals surface area contributed by atoms with E-state index in [1.54, 1.807) is 24.3 Å². The molecular weight excluding hydrogens is 424 g/mol. The van der Waals surface area contributed by atoms with Gasteiger partial charge in [-0.15, -0.1) is 0 Å². The van der Waals surface area contributed by atoms with E-state index >= 15 is 0 Å². The van der Waals surface area contributed by atoms with Crippen molar-refractivity contribution in [3.8, 4) is 0 Å². The lowest BCUT2D eigenvalue weighted by molar-refractivity contribution is -0.121. The van der Waals surface area contributed by atoms with E-state index in [1.165, 1.54) is 0 Å². The van der Waals surface area contributed by atoms with Gasteiger partial charge in [0.25, 0.3) is 5.91 Å². The molecule has 7 heteroatoms. The second kappa shape index (κ2) is 9.89. The summed E-state index contributed by atoms with van der Waals surface area (Å²) in [6.07, 6.45) is 4.84. The Bertz CT molecular complexity index is 797. The quantitative estimate of drug-likeness (QED) is 0.630. The standard InChI is InChI=1S/C21H25BrN2O4/c1-14(4-9-17-3-2-12-27-17)23-20(25)13-15-5-7-16(8-6-15)24-21(26)18-10-11-19(22)28-18/h5-8,10-11,14,17H,2-4,9,12-13H2,1H3,(H,23,25)(H,24,26). The van der Waals surface area contributed by atoms with Crippen molar-refractivity contribution in [3.63, 3.8) is 0 Å². The molecule has 2 unspecified atom stereocenters. The molecule has 0 spiro atoms. The fraction of sp³-hybridized carbons (Fsp3) is 0.429. The molecule has 0 radical (unpaired) electrons. The first-order valence-corrected chi connectivity index (χ1v) is 10.4. The molecule has 2 amide bonds. The highest BCUT2D eigenvalue weighted by atomic mass is 79.9. The number of benzene rings is 1. The van der Waals surface area contributed by atoms with Crippen LogP contribution in [-0.2, 0) is 16.0 Å². The third kappa shape index (κ3) is 6.21. The van der Waals surface area contributed by atoms with Gasteiger partial charge >= 0.3 is 0 Å². The largest absolute Gasteiger partial charge is 0.444 e. The number of anilines is 1. The smallest absolute Gasteiger partial charge is 0.291 e.